The molecule has 132 valence electrons. The highest BCUT2D eigenvalue weighted by atomic mass is 127. The smallest absolute Gasteiger partial charge is 0.390 e. The predicted octanol–water partition coefficient (Wildman–Crippen LogP) is 3.71. The van der Waals surface area contributed by atoms with Crippen molar-refractivity contribution in [2.24, 2.45) is 4.99 Å². The Bertz CT molecular complexity index is 481. The average Bonchev–Trinajstić information content (AvgIpc) is 2.44. The number of hydrogen-bond donors (Lipinski definition) is 2. The number of alkyl halides is 3. The summed E-state index contributed by atoms with van der Waals surface area (Å²) in [6, 6.07) is 7.47. The third-order valence-corrected chi connectivity index (χ3v) is 2.67. The Morgan fingerprint density at radius 3 is 2.57 bits per heavy atom. The standard InChI is InChI=1S/C15H22F3N3O.HI/c1-3-19-14(20-9-8-15(16,17)18)21-11-12-6-5-7-13(10-12)22-4-2;/h5-7,10H,3-4,8-9,11H2,1-2H3,(H2,19,20,21);1H. The topological polar surface area (TPSA) is 45.7 Å². The number of ether oxygens (including phenoxy) is 1. The molecule has 0 radical (unpaired) electrons. The van der Waals surface area contributed by atoms with Gasteiger partial charge in [0.05, 0.1) is 19.6 Å². The first kappa shape index (κ1) is 21.8. The molecule has 0 spiro atoms. The molecule has 0 aliphatic carbocycles. The van der Waals surface area contributed by atoms with E-state index in [-0.39, 0.29) is 30.5 Å². The molecule has 2 N–H and O–H groups in total. The number of aliphatic imine (C=N–C) groups is 1. The van der Waals surface area contributed by atoms with E-state index < -0.39 is 12.6 Å². The van der Waals surface area contributed by atoms with Crippen molar-refractivity contribution >= 4 is 29.9 Å². The van der Waals surface area contributed by atoms with E-state index in [4.69, 9.17) is 4.74 Å². The molecule has 0 aromatic heterocycles. The van der Waals surface area contributed by atoms with Crippen LogP contribution in [0.2, 0.25) is 0 Å². The van der Waals surface area contributed by atoms with Gasteiger partial charge in [-0.25, -0.2) is 4.99 Å². The highest BCUT2D eigenvalue weighted by Crippen LogP contribution is 2.18. The molecule has 1 aromatic rings. The largest absolute Gasteiger partial charge is 0.494 e. The quantitative estimate of drug-likeness (QED) is 0.382. The summed E-state index contributed by atoms with van der Waals surface area (Å²) in [7, 11) is 0. The zero-order valence-electron chi connectivity index (χ0n) is 13.2. The van der Waals surface area contributed by atoms with Crippen LogP contribution in [0.15, 0.2) is 29.3 Å². The van der Waals surface area contributed by atoms with E-state index >= 15 is 0 Å². The monoisotopic (exact) mass is 445 g/mol. The van der Waals surface area contributed by atoms with Gasteiger partial charge < -0.3 is 15.4 Å². The van der Waals surface area contributed by atoms with Crippen LogP contribution >= 0.6 is 24.0 Å². The zero-order chi connectivity index (χ0) is 16.4. The number of halogens is 4. The van der Waals surface area contributed by atoms with Crippen LogP contribution in [0.5, 0.6) is 5.75 Å². The van der Waals surface area contributed by atoms with Crippen molar-refractivity contribution in [1.82, 2.24) is 10.6 Å². The third kappa shape index (κ3) is 10.2. The highest BCUT2D eigenvalue weighted by molar-refractivity contribution is 14.0. The van der Waals surface area contributed by atoms with Crippen LogP contribution in [0.3, 0.4) is 0 Å². The molecule has 0 saturated carbocycles. The van der Waals surface area contributed by atoms with Crippen LogP contribution < -0.4 is 15.4 Å². The number of nitrogens with one attached hydrogen (secondary N) is 2. The molecule has 0 aliphatic heterocycles. The van der Waals surface area contributed by atoms with Gasteiger partial charge in [-0.1, -0.05) is 12.1 Å². The van der Waals surface area contributed by atoms with E-state index in [1.165, 1.54) is 0 Å². The van der Waals surface area contributed by atoms with Gasteiger partial charge in [0.1, 0.15) is 5.75 Å². The summed E-state index contributed by atoms with van der Waals surface area (Å²) in [5, 5.41) is 5.59. The van der Waals surface area contributed by atoms with E-state index in [0.717, 1.165) is 11.3 Å². The molecule has 8 heteroatoms. The van der Waals surface area contributed by atoms with Gasteiger partial charge in [-0.15, -0.1) is 24.0 Å². The van der Waals surface area contributed by atoms with E-state index in [1.54, 1.807) is 0 Å². The van der Waals surface area contributed by atoms with Crippen molar-refractivity contribution in [2.75, 3.05) is 19.7 Å². The number of hydrogen-bond acceptors (Lipinski definition) is 2. The molecule has 0 unspecified atom stereocenters. The molecule has 1 aromatic carbocycles. The minimum Gasteiger partial charge on any atom is -0.494 e. The molecule has 0 fully saturated rings. The second kappa shape index (κ2) is 11.4. The lowest BCUT2D eigenvalue weighted by Crippen LogP contribution is -2.38. The van der Waals surface area contributed by atoms with E-state index in [1.807, 2.05) is 38.1 Å². The maximum Gasteiger partial charge on any atom is 0.390 e. The van der Waals surface area contributed by atoms with E-state index in [0.29, 0.717) is 25.7 Å². The predicted molar refractivity (Wildman–Crippen MR) is 96.5 cm³/mol. The summed E-state index contributed by atoms with van der Waals surface area (Å²) in [4.78, 5) is 4.28. The Hall–Kier alpha value is -1.19. The number of guanidine groups is 1. The lowest BCUT2D eigenvalue weighted by atomic mass is 10.2. The van der Waals surface area contributed by atoms with Gasteiger partial charge in [0.15, 0.2) is 5.96 Å². The molecule has 1 rings (SSSR count). The molecule has 4 nitrogen and oxygen atoms in total. The SMILES string of the molecule is CCNC(=NCc1cccc(OCC)c1)NCCC(F)(F)F.I. The normalized spacial score (nSPS) is 11.6. The molecule has 0 amide bonds. The van der Waals surface area contributed by atoms with Gasteiger partial charge in [-0.05, 0) is 31.5 Å². The highest BCUT2D eigenvalue weighted by Gasteiger charge is 2.26. The summed E-state index contributed by atoms with van der Waals surface area (Å²) in [6.45, 7) is 5.08. The Morgan fingerprint density at radius 1 is 1.22 bits per heavy atom. The van der Waals surface area contributed by atoms with Crippen LogP contribution in [0, 0.1) is 0 Å². The van der Waals surface area contributed by atoms with Gasteiger partial charge in [-0.3, -0.25) is 0 Å². The second-order valence-electron chi connectivity index (χ2n) is 4.57. The van der Waals surface area contributed by atoms with Crippen LogP contribution in [0.1, 0.15) is 25.8 Å². The fraction of sp³-hybridized carbons (Fsp3) is 0.533. The lowest BCUT2D eigenvalue weighted by molar-refractivity contribution is -0.132. The van der Waals surface area contributed by atoms with Crippen LogP contribution in [-0.2, 0) is 6.54 Å². The van der Waals surface area contributed by atoms with Crippen molar-refractivity contribution in [3.8, 4) is 5.75 Å². The minimum absolute atomic E-state index is 0. The Morgan fingerprint density at radius 2 is 1.96 bits per heavy atom. The summed E-state index contributed by atoms with van der Waals surface area (Å²) in [5.74, 6) is 1.12. The molecular formula is C15H23F3IN3O. The Balaban J connectivity index is 0.00000484. The molecule has 23 heavy (non-hydrogen) atoms. The zero-order valence-corrected chi connectivity index (χ0v) is 15.6. The summed E-state index contributed by atoms with van der Waals surface area (Å²) < 4.78 is 41.8. The minimum atomic E-state index is -4.17. The Kier molecular flexibility index (Phi) is 10.8. The Labute approximate surface area is 151 Å². The van der Waals surface area contributed by atoms with Crippen LogP contribution in [-0.4, -0.2) is 31.8 Å². The van der Waals surface area contributed by atoms with Crippen molar-refractivity contribution in [1.29, 1.82) is 0 Å². The first-order valence-corrected chi connectivity index (χ1v) is 7.25. The van der Waals surface area contributed by atoms with Crippen LogP contribution in [0.4, 0.5) is 13.2 Å². The molecular weight excluding hydrogens is 422 g/mol. The van der Waals surface area contributed by atoms with Gasteiger partial charge in [-0.2, -0.15) is 13.2 Å². The van der Waals surface area contributed by atoms with Gasteiger partial charge in [0.2, 0.25) is 0 Å². The molecule has 0 heterocycles. The molecule has 0 bridgehead atoms. The summed E-state index contributed by atoms with van der Waals surface area (Å²) >= 11 is 0. The maximum atomic E-state index is 12.1. The van der Waals surface area contributed by atoms with Crippen LogP contribution in [0.25, 0.3) is 0 Å². The van der Waals surface area contributed by atoms with Gasteiger partial charge in [0.25, 0.3) is 0 Å². The molecule has 0 atom stereocenters. The van der Waals surface area contributed by atoms with Crippen molar-refractivity contribution in [3.05, 3.63) is 29.8 Å². The van der Waals surface area contributed by atoms with E-state index in [2.05, 4.69) is 15.6 Å². The first-order valence-electron chi connectivity index (χ1n) is 7.25. The first-order chi connectivity index (χ1) is 10.4. The maximum absolute atomic E-state index is 12.1. The van der Waals surface area contributed by atoms with Gasteiger partial charge in [0, 0.05) is 13.1 Å². The summed E-state index contributed by atoms with van der Waals surface area (Å²) in [6.07, 6.45) is -5.06. The average molecular weight is 445 g/mol. The van der Waals surface area contributed by atoms with Crippen molar-refractivity contribution < 1.29 is 17.9 Å². The number of rotatable bonds is 7. The van der Waals surface area contributed by atoms with Crippen molar-refractivity contribution in [3.63, 3.8) is 0 Å². The van der Waals surface area contributed by atoms with E-state index in [9.17, 15) is 13.2 Å². The fourth-order valence-electron chi connectivity index (χ4n) is 1.74. The lowest BCUT2D eigenvalue weighted by Gasteiger charge is -2.12. The fourth-order valence-corrected chi connectivity index (χ4v) is 1.74. The number of benzene rings is 1. The number of nitrogens with zero attached hydrogens (tertiary/aromatic N) is 1. The second-order valence-corrected chi connectivity index (χ2v) is 4.57. The van der Waals surface area contributed by atoms with Gasteiger partial charge >= 0.3 is 6.18 Å². The molecule has 0 aliphatic rings. The van der Waals surface area contributed by atoms with Crippen molar-refractivity contribution in [2.45, 2.75) is 33.0 Å². The molecule has 0 saturated heterocycles. The summed E-state index contributed by atoms with van der Waals surface area (Å²) in [5.41, 5.74) is 0.930. The third-order valence-electron chi connectivity index (χ3n) is 2.67.